The predicted octanol–water partition coefficient (Wildman–Crippen LogP) is 1.35. The van der Waals surface area contributed by atoms with E-state index in [1.807, 2.05) is 0 Å². The quantitative estimate of drug-likeness (QED) is 0.682. The lowest BCUT2D eigenvalue weighted by atomic mass is 10.1. The van der Waals surface area contributed by atoms with E-state index in [1.54, 1.807) is 20.9 Å². The topological polar surface area (TPSA) is 70.1 Å². The van der Waals surface area contributed by atoms with Crippen LogP contribution in [0.1, 0.15) is 13.8 Å². The number of hydrogen-bond donors (Lipinski definition) is 3. The first-order chi connectivity index (χ1) is 6.94. The maximum absolute atomic E-state index is 9.55. The molecule has 0 spiro atoms. The highest BCUT2D eigenvalue weighted by Crippen LogP contribution is 2.25. The number of halogens is 1. The lowest BCUT2D eigenvalue weighted by Crippen LogP contribution is -2.29. The molecule has 0 amide bonds. The van der Waals surface area contributed by atoms with E-state index in [-0.39, 0.29) is 0 Å². The number of aliphatic hydroxyl groups is 1. The van der Waals surface area contributed by atoms with Crippen LogP contribution < -0.4 is 10.6 Å². The van der Waals surface area contributed by atoms with E-state index in [9.17, 15) is 5.11 Å². The molecule has 0 aliphatic carbocycles. The third-order valence-corrected chi connectivity index (χ3v) is 2.03. The summed E-state index contributed by atoms with van der Waals surface area (Å²) in [5.74, 6) is 0.583. The van der Waals surface area contributed by atoms with E-state index in [4.69, 9.17) is 11.6 Å². The van der Waals surface area contributed by atoms with Gasteiger partial charge in [0.05, 0.1) is 5.60 Å². The van der Waals surface area contributed by atoms with Crippen molar-refractivity contribution >= 4 is 23.1 Å². The zero-order valence-corrected chi connectivity index (χ0v) is 9.76. The van der Waals surface area contributed by atoms with Gasteiger partial charge in [0, 0.05) is 13.6 Å². The normalized spacial score (nSPS) is 11.3. The molecule has 1 heterocycles. The summed E-state index contributed by atoms with van der Waals surface area (Å²) in [5, 5.41) is 15.8. The highest BCUT2D eigenvalue weighted by atomic mass is 35.5. The van der Waals surface area contributed by atoms with E-state index >= 15 is 0 Å². The monoisotopic (exact) mass is 230 g/mol. The van der Waals surface area contributed by atoms with Crippen molar-refractivity contribution in [3.05, 3.63) is 11.5 Å². The Kier molecular flexibility index (Phi) is 3.71. The molecule has 0 fully saturated rings. The van der Waals surface area contributed by atoms with Crippen LogP contribution in [0, 0.1) is 0 Å². The molecule has 1 aromatic rings. The van der Waals surface area contributed by atoms with Crippen molar-refractivity contribution in [3.63, 3.8) is 0 Å². The summed E-state index contributed by atoms with van der Waals surface area (Å²) in [7, 11) is 1.74. The van der Waals surface area contributed by atoms with Crippen LogP contribution in [-0.2, 0) is 0 Å². The van der Waals surface area contributed by atoms with E-state index < -0.39 is 5.60 Å². The van der Waals surface area contributed by atoms with Gasteiger partial charge in [-0.1, -0.05) is 11.6 Å². The Hall–Kier alpha value is -1.07. The van der Waals surface area contributed by atoms with Gasteiger partial charge in [-0.2, -0.15) is 0 Å². The van der Waals surface area contributed by atoms with Crippen molar-refractivity contribution in [2.75, 3.05) is 24.2 Å². The van der Waals surface area contributed by atoms with Crippen molar-refractivity contribution in [1.82, 2.24) is 9.97 Å². The Balaban J connectivity index is 2.81. The summed E-state index contributed by atoms with van der Waals surface area (Å²) in [4.78, 5) is 7.88. The van der Waals surface area contributed by atoms with Crippen LogP contribution in [-0.4, -0.2) is 34.3 Å². The fourth-order valence-electron chi connectivity index (χ4n) is 1.02. The molecule has 1 aromatic heterocycles. The molecule has 0 aliphatic rings. The molecular formula is C9H15ClN4O. The molecule has 1 rings (SSSR count). The molecule has 5 nitrogen and oxygen atoms in total. The van der Waals surface area contributed by atoms with E-state index in [2.05, 4.69) is 20.6 Å². The number of rotatable bonds is 4. The second-order valence-electron chi connectivity index (χ2n) is 3.80. The number of nitrogens with zero attached hydrogens (tertiary/aromatic N) is 2. The SMILES string of the molecule is CNc1c(Cl)ncnc1NCC(C)(C)O. The van der Waals surface area contributed by atoms with Crippen LogP contribution in [0.15, 0.2) is 6.33 Å². The van der Waals surface area contributed by atoms with Gasteiger partial charge < -0.3 is 15.7 Å². The molecule has 0 radical (unpaired) electrons. The molecule has 6 heteroatoms. The van der Waals surface area contributed by atoms with Crippen LogP contribution >= 0.6 is 11.6 Å². The predicted molar refractivity (Wildman–Crippen MR) is 61.4 cm³/mol. The van der Waals surface area contributed by atoms with Gasteiger partial charge in [0.15, 0.2) is 11.0 Å². The highest BCUT2D eigenvalue weighted by Gasteiger charge is 2.14. The average Bonchev–Trinajstić information content (AvgIpc) is 2.13. The summed E-state index contributed by atoms with van der Waals surface area (Å²) in [5.41, 5.74) is -0.175. The Morgan fingerprint density at radius 2 is 2.13 bits per heavy atom. The van der Waals surface area contributed by atoms with E-state index in [1.165, 1.54) is 6.33 Å². The number of nitrogens with one attached hydrogen (secondary N) is 2. The van der Waals surface area contributed by atoms with Crippen LogP contribution in [0.5, 0.6) is 0 Å². The van der Waals surface area contributed by atoms with E-state index in [0.717, 1.165) is 0 Å². The van der Waals surface area contributed by atoms with Crippen molar-refractivity contribution in [2.45, 2.75) is 19.4 Å². The Morgan fingerprint density at radius 3 is 2.67 bits per heavy atom. The second kappa shape index (κ2) is 4.63. The summed E-state index contributed by atoms with van der Waals surface area (Å²) >= 11 is 5.86. The largest absolute Gasteiger partial charge is 0.389 e. The molecule has 0 bridgehead atoms. The van der Waals surface area contributed by atoms with Gasteiger partial charge in [-0.3, -0.25) is 0 Å². The van der Waals surface area contributed by atoms with Crippen LogP contribution in [0.3, 0.4) is 0 Å². The first-order valence-electron chi connectivity index (χ1n) is 4.58. The number of aromatic nitrogens is 2. The summed E-state index contributed by atoms with van der Waals surface area (Å²) < 4.78 is 0. The minimum Gasteiger partial charge on any atom is -0.389 e. The lowest BCUT2D eigenvalue weighted by Gasteiger charge is -2.19. The minimum absolute atomic E-state index is 0.353. The summed E-state index contributed by atoms with van der Waals surface area (Å²) in [6.07, 6.45) is 1.37. The minimum atomic E-state index is -0.803. The van der Waals surface area contributed by atoms with Gasteiger partial charge in [0.1, 0.15) is 12.0 Å². The zero-order chi connectivity index (χ0) is 11.5. The maximum Gasteiger partial charge on any atom is 0.157 e. The van der Waals surface area contributed by atoms with Gasteiger partial charge in [0.2, 0.25) is 0 Å². The van der Waals surface area contributed by atoms with Gasteiger partial charge in [-0.25, -0.2) is 9.97 Å². The standard InChI is InChI=1S/C9H15ClN4O/c1-9(2,15)4-12-8-6(11-3)7(10)13-5-14-8/h5,11,15H,4H2,1-3H3,(H,12,13,14). The fourth-order valence-corrected chi connectivity index (χ4v) is 1.25. The van der Waals surface area contributed by atoms with Crippen molar-refractivity contribution in [3.8, 4) is 0 Å². The maximum atomic E-state index is 9.55. The second-order valence-corrected chi connectivity index (χ2v) is 4.16. The Morgan fingerprint density at radius 1 is 1.47 bits per heavy atom. The first-order valence-corrected chi connectivity index (χ1v) is 4.96. The molecule has 0 aromatic carbocycles. The van der Waals surface area contributed by atoms with E-state index in [0.29, 0.717) is 23.2 Å². The molecule has 3 N–H and O–H groups in total. The summed E-state index contributed by atoms with van der Waals surface area (Å²) in [6, 6.07) is 0. The molecule has 0 atom stereocenters. The molecule has 0 aliphatic heterocycles. The molecule has 0 saturated heterocycles. The van der Waals surface area contributed by atoms with Gasteiger partial charge >= 0.3 is 0 Å². The van der Waals surface area contributed by atoms with Crippen molar-refractivity contribution in [2.24, 2.45) is 0 Å². The number of anilines is 2. The van der Waals surface area contributed by atoms with Gasteiger partial charge in [-0.15, -0.1) is 0 Å². The molecule has 15 heavy (non-hydrogen) atoms. The van der Waals surface area contributed by atoms with Gasteiger partial charge in [-0.05, 0) is 13.8 Å². The smallest absolute Gasteiger partial charge is 0.157 e. The van der Waals surface area contributed by atoms with Gasteiger partial charge in [0.25, 0.3) is 0 Å². The lowest BCUT2D eigenvalue weighted by molar-refractivity contribution is 0.0944. The molecule has 84 valence electrons. The third-order valence-electron chi connectivity index (χ3n) is 1.74. The zero-order valence-electron chi connectivity index (χ0n) is 9.00. The van der Waals surface area contributed by atoms with Crippen LogP contribution in [0.4, 0.5) is 11.5 Å². The molecular weight excluding hydrogens is 216 g/mol. The fraction of sp³-hybridized carbons (Fsp3) is 0.556. The highest BCUT2D eigenvalue weighted by molar-refractivity contribution is 6.32. The molecule has 0 unspecified atom stereocenters. The van der Waals surface area contributed by atoms with Crippen molar-refractivity contribution in [1.29, 1.82) is 0 Å². The first kappa shape index (κ1) is 12.0. The van der Waals surface area contributed by atoms with Crippen molar-refractivity contribution < 1.29 is 5.11 Å². The number of hydrogen-bond acceptors (Lipinski definition) is 5. The Bertz CT molecular complexity index is 337. The summed E-state index contributed by atoms with van der Waals surface area (Å²) in [6.45, 7) is 3.80. The van der Waals surface area contributed by atoms with Crippen LogP contribution in [0.25, 0.3) is 0 Å². The molecule has 0 saturated carbocycles. The Labute approximate surface area is 93.9 Å². The average molecular weight is 231 g/mol. The third kappa shape index (κ3) is 3.53. The van der Waals surface area contributed by atoms with Crippen LogP contribution in [0.2, 0.25) is 5.15 Å².